The maximum atomic E-state index is 12.7. The number of para-hydroxylation sites is 2. The number of nitrogens with one attached hydrogen (secondary N) is 2. The van der Waals surface area contributed by atoms with Crippen molar-refractivity contribution in [2.45, 2.75) is 4.90 Å². The van der Waals surface area contributed by atoms with Crippen molar-refractivity contribution in [3.05, 3.63) is 115 Å². The first kappa shape index (κ1) is 22.0. The van der Waals surface area contributed by atoms with Crippen LogP contribution in [-0.2, 0) is 15.8 Å². The lowest BCUT2D eigenvalue weighted by Gasteiger charge is -2.08. The predicted molar refractivity (Wildman–Crippen MR) is 137 cm³/mol. The van der Waals surface area contributed by atoms with Gasteiger partial charge in [0.25, 0.3) is 0 Å². The Balaban J connectivity index is 1.34. The highest BCUT2D eigenvalue weighted by Gasteiger charge is 2.06. The second kappa shape index (κ2) is 10.4. The first-order valence-corrected chi connectivity index (χ1v) is 11.5. The molecule has 0 aliphatic carbocycles. The topological polar surface area (TPSA) is 84.2 Å². The zero-order valence-corrected chi connectivity index (χ0v) is 18.6. The van der Waals surface area contributed by atoms with Gasteiger partial charge in [-0.05, 0) is 59.2 Å². The Morgan fingerprint density at radius 1 is 0.758 bits per heavy atom. The predicted octanol–water partition coefficient (Wildman–Crippen LogP) is 5.72. The maximum absolute atomic E-state index is 12.7. The molecule has 4 rings (SSSR count). The molecule has 4 aromatic rings. The van der Waals surface area contributed by atoms with Crippen molar-refractivity contribution in [2.75, 3.05) is 15.8 Å². The molecule has 0 aliphatic heterocycles. The molecule has 33 heavy (non-hydrogen) atoms. The van der Waals surface area contributed by atoms with Gasteiger partial charge in [-0.1, -0.05) is 66.7 Å². The third-order valence-corrected chi connectivity index (χ3v) is 6.06. The van der Waals surface area contributed by atoms with Gasteiger partial charge in [-0.15, -0.1) is 0 Å². The fraction of sp³-hybridized carbons (Fsp3) is 0. The average Bonchev–Trinajstić information content (AvgIpc) is 2.86. The standard InChI is InChI=1S/C27H23N3O2S/c28-25-8-4-5-9-26(25)29-27(31)19-12-20-10-15-23(16-11-20)30-33(32)24-17-13-22(14-18-24)21-6-2-1-3-7-21/h1-19,30H,28H2,(H,29,31)/b19-12+. The van der Waals surface area contributed by atoms with Crippen LogP contribution in [0.15, 0.2) is 114 Å². The van der Waals surface area contributed by atoms with Crippen LogP contribution in [0.4, 0.5) is 17.1 Å². The fourth-order valence-electron chi connectivity index (χ4n) is 3.19. The summed E-state index contributed by atoms with van der Waals surface area (Å²) in [5.41, 5.74) is 10.7. The number of anilines is 3. The highest BCUT2D eigenvalue weighted by molar-refractivity contribution is 7.86. The molecule has 164 valence electrons. The maximum Gasteiger partial charge on any atom is 0.248 e. The highest BCUT2D eigenvalue weighted by Crippen LogP contribution is 2.21. The summed E-state index contributed by atoms with van der Waals surface area (Å²) in [5, 5.41) is 2.75. The molecule has 4 aromatic carbocycles. The number of carbonyl (C=O) groups excluding carboxylic acids is 1. The van der Waals surface area contributed by atoms with E-state index in [4.69, 9.17) is 5.73 Å². The molecule has 1 atom stereocenters. The van der Waals surface area contributed by atoms with Crippen LogP contribution in [-0.4, -0.2) is 10.1 Å². The Morgan fingerprint density at radius 2 is 1.39 bits per heavy atom. The largest absolute Gasteiger partial charge is 0.397 e. The molecule has 1 unspecified atom stereocenters. The van der Waals surface area contributed by atoms with Crippen molar-refractivity contribution in [3.8, 4) is 11.1 Å². The van der Waals surface area contributed by atoms with Gasteiger partial charge < -0.3 is 15.8 Å². The van der Waals surface area contributed by atoms with E-state index in [2.05, 4.69) is 10.0 Å². The molecule has 0 aliphatic rings. The molecule has 0 heterocycles. The lowest BCUT2D eigenvalue weighted by atomic mass is 10.1. The Labute approximate surface area is 195 Å². The summed E-state index contributed by atoms with van der Waals surface area (Å²) in [6, 6.07) is 32.1. The minimum atomic E-state index is -1.39. The zero-order valence-electron chi connectivity index (χ0n) is 17.8. The molecule has 0 saturated carbocycles. The minimum Gasteiger partial charge on any atom is -0.397 e. The van der Waals surface area contributed by atoms with E-state index in [1.807, 2.05) is 91.0 Å². The minimum absolute atomic E-state index is 0.268. The van der Waals surface area contributed by atoms with Crippen LogP contribution < -0.4 is 15.8 Å². The van der Waals surface area contributed by atoms with Gasteiger partial charge in [-0.3, -0.25) is 4.79 Å². The van der Waals surface area contributed by atoms with Crippen molar-refractivity contribution in [1.29, 1.82) is 0 Å². The summed E-state index contributed by atoms with van der Waals surface area (Å²) in [5.74, 6) is -0.268. The molecule has 0 saturated heterocycles. The van der Waals surface area contributed by atoms with Crippen molar-refractivity contribution < 1.29 is 9.00 Å². The number of benzene rings is 4. The van der Waals surface area contributed by atoms with Gasteiger partial charge in [0, 0.05) is 11.8 Å². The molecule has 4 N–H and O–H groups in total. The highest BCUT2D eigenvalue weighted by atomic mass is 32.2. The summed E-state index contributed by atoms with van der Waals surface area (Å²) in [4.78, 5) is 12.8. The molecule has 5 nitrogen and oxygen atoms in total. The molecular weight excluding hydrogens is 430 g/mol. The Hall–Kier alpha value is -4.16. The van der Waals surface area contributed by atoms with Gasteiger partial charge in [0.1, 0.15) is 11.0 Å². The number of carbonyl (C=O) groups is 1. The molecular formula is C27H23N3O2S. The number of nitrogens with two attached hydrogens (primary N) is 1. The third-order valence-electron chi connectivity index (χ3n) is 4.94. The second-order valence-electron chi connectivity index (χ2n) is 7.29. The van der Waals surface area contributed by atoms with E-state index in [-0.39, 0.29) is 5.91 Å². The van der Waals surface area contributed by atoms with E-state index in [0.717, 1.165) is 22.4 Å². The van der Waals surface area contributed by atoms with Crippen LogP contribution >= 0.6 is 0 Å². The van der Waals surface area contributed by atoms with Gasteiger partial charge in [0.05, 0.1) is 16.3 Å². The summed E-state index contributed by atoms with van der Waals surface area (Å²) in [6.45, 7) is 0. The lowest BCUT2D eigenvalue weighted by Crippen LogP contribution is -2.09. The van der Waals surface area contributed by atoms with Crippen molar-refractivity contribution in [3.63, 3.8) is 0 Å². The first-order valence-electron chi connectivity index (χ1n) is 10.4. The van der Waals surface area contributed by atoms with Crippen LogP contribution in [0.1, 0.15) is 5.56 Å². The Bertz CT molecular complexity index is 1290. The Kier molecular flexibility index (Phi) is 6.97. The fourth-order valence-corrected chi connectivity index (χ4v) is 4.04. The zero-order chi connectivity index (χ0) is 23.0. The average molecular weight is 454 g/mol. The molecule has 0 aromatic heterocycles. The normalized spacial score (nSPS) is 11.8. The number of hydrogen-bond donors (Lipinski definition) is 3. The summed E-state index contributed by atoms with van der Waals surface area (Å²) in [7, 11) is -1.39. The van der Waals surface area contributed by atoms with E-state index in [1.165, 1.54) is 6.08 Å². The third kappa shape index (κ3) is 5.96. The summed E-state index contributed by atoms with van der Waals surface area (Å²) < 4.78 is 15.7. The molecule has 0 spiro atoms. The van der Waals surface area contributed by atoms with Crippen molar-refractivity contribution in [2.24, 2.45) is 0 Å². The van der Waals surface area contributed by atoms with Crippen LogP contribution in [0.25, 0.3) is 17.2 Å². The van der Waals surface area contributed by atoms with Crippen LogP contribution in [0.3, 0.4) is 0 Å². The van der Waals surface area contributed by atoms with Crippen molar-refractivity contribution >= 4 is 40.0 Å². The number of amides is 1. The van der Waals surface area contributed by atoms with Gasteiger partial charge in [0.2, 0.25) is 5.91 Å². The SMILES string of the molecule is Nc1ccccc1NC(=O)/C=C/c1ccc(NS(=O)c2ccc(-c3ccccc3)cc2)cc1. The van der Waals surface area contributed by atoms with E-state index in [9.17, 15) is 9.00 Å². The quantitative estimate of drug-likeness (QED) is 0.247. The summed E-state index contributed by atoms with van der Waals surface area (Å²) >= 11 is 0. The van der Waals surface area contributed by atoms with Crippen LogP contribution in [0.5, 0.6) is 0 Å². The number of hydrogen-bond acceptors (Lipinski definition) is 3. The Morgan fingerprint density at radius 3 is 2.09 bits per heavy atom. The molecule has 0 bridgehead atoms. The second-order valence-corrected chi connectivity index (χ2v) is 8.51. The smallest absolute Gasteiger partial charge is 0.248 e. The molecule has 0 fully saturated rings. The van der Waals surface area contributed by atoms with E-state index < -0.39 is 11.0 Å². The first-order chi connectivity index (χ1) is 16.1. The van der Waals surface area contributed by atoms with E-state index in [1.54, 1.807) is 18.2 Å². The van der Waals surface area contributed by atoms with Gasteiger partial charge in [-0.2, -0.15) is 0 Å². The van der Waals surface area contributed by atoms with Gasteiger partial charge >= 0.3 is 0 Å². The number of rotatable bonds is 7. The lowest BCUT2D eigenvalue weighted by molar-refractivity contribution is -0.111. The molecule has 0 radical (unpaired) electrons. The van der Waals surface area contributed by atoms with Gasteiger partial charge in [-0.25, -0.2) is 4.21 Å². The molecule has 1 amide bonds. The van der Waals surface area contributed by atoms with E-state index >= 15 is 0 Å². The van der Waals surface area contributed by atoms with Gasteiger partial charge in [0.15, 0.2) is 0 Å². The number of nitrogen functional groups attached to an aromatic ring is 1. The van der Waals surface area contributed by atoms with Crippen LogP contribution in [0.2, 0.25) is 0 Å². The van der Waals surface area contributed by atoms with E-state index in [0.29, 0.717) is 16.3 Å². The summed E-state index contributed by atoms with van der Waals surface area (Å²) in [6.07, 6.45) is 3.15. The monoisotopic (exact) mass is 453 g/mol. The molecule has 6 heteroatoms. The van der Waals surface area contributed by atoms with Crippen LogP contribution in [0, 0.1) is 0 Å². The van der Waals surface area contributed by atoms with Crippen molar-refractivity contribution in [1.82, 2.24) is 0 Å².